The molecule has 0 aromatic carbocycles. The summed E-state index contributed by atoms with van der Waals surface area (Å²) >= 11 is 0. The van der Waals surface area contributed by atoms with Crippen molar-refractivity contribution in [1.29, 1.82) is 0 Å². The molecule has 0 fully saturated rings. The van der Waals surface area contributed by atoms with Gasteiger partial charge in [-0.05, 0) is 6.42 Å². The van der Waals surface area contributed by atoms with Crippen molar-refractivity contribution in [3.8, 4) is 0 Å². The highest BCUT2D eigenvalue weighted by Crippen LogP contribution is 2.14. The zero-order valence-electron chi connectivity index (χ0n) is 17.6. The minimum absolute atomic E-state index is 0.414. The number of rotatable bonds is 20. The largest absolute Gasteiger partial charge is 0.335 e. The molecule has 0 saturated heterocycles. The molecule has 0 aliphatic rings. The van der Waals surface area contributed by atoms with Crippen molar-refractivity contribution in [1.82, 2.24) is 4.31 Å². The molecule has 0 radical (unpaired) electrons. The molecule has 0 unspecified atom stereocenters. The van der Waals surface area contributed by atoms with Crippen LogP contribution in [-0.4, -0.2) is 30.9 Å². The molecule has 0 amide bonds. The van der Waals surface area contributed by atoms with Crippen LogP contribution in [0.5, 0.6) is 0 Å². The smallest absolute Gasteiger partial charge is 0.273 e. The maximum absolute atomic E-state index is 10.8. The summed E-state index contributed by atoms with van der Waals surface area (Å²) in [6.45, 7) is 2.69. The van der Waals surface area contributed by atoms with Gasteiger partial charge in [-0.25, -0.2) is 0 Å². The molecule has 0 aromatic heterocycles. The van der Waals surface area contributed by atoms with E-state index >= 15 is 0 Å². The second kappa shape index (κ2) is 18.2. The van der Waals surface area contributed by atoms with Gasteiger partial charge in [-0.3, -0.25) is 4.55 Å². The van der Waals surface area contributed by atoms with E-state index < -0.39 is 10.3 Å². The lowest BCUT2D eigenvalue weighted by atomic mass is 10.0. The minimum atomic E-state index is -3.99. The van der Waals surface area contributed by atoms with E-state index in [1.165, 1.54) is 103 Å². The Morgan fingerprint density at radius 1 is 0.577 bits per heavy atom. The molecule has 4 nitrogen and oxygen atoms in total. The lowest BCUT2D eigenvalue weighted by Gasteiger charge is -2.11. The van der Waals surface area contributed by atoms with Crippen molar-refractivity contribution in [3.05, 3.63) is 0 Å². The molecule has 0 aliphatic heterocycles. The number of unbranched alkanes of at least 4 members (excludes halogenated alkanes) is 17. The van der Waals surface area contributed by atoms with Crippen molar-refractivity contribution in [2.45, 2.75) is 122 Å². The van der Waals surface area contributed by atoms with Crippen LogP contribution in [0.1, 0.15) is 122 Å². The molecule has 0 bridgehead atoms. The fourth-order valence-corrected chi connectivity index (χ4v) is 3.71. The standard InChI is InChI=1S/C21H45NO3S/c1-3-4-5-6-7-8-9-10-11-12-13-14-15-16-17-18-19-20-21-22(2)26(23,24)25/h3-21H2,1-2H3,(H,23,24,25). The first kappa shape index (κ1) is 25.9. The second-order valence-corrected chi connectivity index (χ2v) is 9.33. The summed E-state index contributed by atoms with van der Waals surface area (Å²) in [5.41, 5.74) is 0. The van der Waals surface area contributed by atoms with Gasteiger partial charge in [0.15, 0.2) is 0 Å². The van der Waals surface area contributed by atoms with Gasteiger partial charge in [0.05, 0.1) is 0 Å². The van der Waals surface area contributed by atoms with Crippen LogP contribution in [0.4, 0.5) is 0 Å². The Labute approximate surface area is 164 Å². The molecular weight excluding hydrogens is 346 g/mol. The summed E-state index contributed by atoms with van der Waals surface area (Å²) < 4.78 is 31.5. The van der Waals surface area contributed by atoms with Gasteiger partial charge in [0.25, 0.3) is 0 Å². The molecule has 0 spiro atoms. The summed E-state index contributed by atoms with van der Waals surface area (Å²) in [6, 6.07) is 0. The van der Waals surface area contributed by atoms with Crippen molar-refractivity contribution < 1.29 is 13.0 Å². The topological polar surface area (TPSA) is 57.6 Å². The zero-order valence-corrected chi connectivity index (χ0v) is 18.4. The summed E-state index contributed by atoms with van der Waals surface area (Å²) in [6.07, 6.45) is 23.8. The monoisotopic (exact) mass is 391 g/mol. The van der Waals surface area contributed by atoms with E-state index in [1.54, 1.807) is 0 Å². The zero-order chi connectivity index (χ0) is 19.5. The molecule has 0 heterocycles. The van der Waals surface area contributed by atoms with Crippen molar-refractivity contribution >= 4 is 10.3 Å². The van der Waals surface area contributed by atoms with Crippen molar-refractivity contribution in [3.63, 3.8) is 0 Å². The maximum Gasteiger partial charge on any atom is 0.335 e. The summed E-state index contributed by atoms with van der Waals surface area (Å²) in [5.74, 6) is 0. The highest BCUT2D eigenvalue weighted by molar-refractivity contribution is 7.83. The van der Waals surface area contributed by atoms with E-state index in [9.17, 15) is 8.42 Å². The molecule has 26 heavy (non-hydrogen) atoms. The van der Waals surface area contributed by atoms with E-state index in [0.717, 1.165) is 23.6 Å². The fourth-order valence-electron chi connectivity index (χ4n) is 3.35. The Hall–Kier alpha value is -0.130. The van der Waals surface area contributed by atoms with E-state index in [4.69, 9.17) is 4.55 Å². The van der Waals surface area contributed by atoms with Crippen LogP contribution in [0, 0.1) is 0 Å². The third kappa shape index (κ3) is 18.7. The first-order chi connectivity index (χ1) is 12.5. The number of hydrogen-bond acceptors (Lipinski definition) is 2. The van der Waals surface area contributed by atoms with Crippen LogP contribution >= 0.6 is 0 Å². The molecule has 5 heteroatoms. The van der Waals surface area contributed by atoms with Gasteiger partial charge in [-0.15, -0.1) is 0 Å². The van der Waals surface area contributed by atoms with E-state index in [0.29, 0.717) is 6.54 Å². The average Bonchev–Trinajstić information content (AvgIpc) is 2.59. The van der Waals surface area contributed by atoms with Gasteiger partial charge in [-0.1, -0.05) is 116 Å². The lowest BCUT2D eigenvalue weighted by molar-refractivity contribution is 0.379. The quantitative estimate of drug-likeness (QED) is 0.184. The molecule has 0 aromatic rings. The highest BCUT2D eigenvalue weighted by atomic mass is 32.2. The predicted molar refractivity (Wildman–Crippen MR) is 113 cm³/mol. The van der Waals surface area contributed by atoms with Crippen LogP contribution < -0.4 is 0 Å². The number of nitrogens with zero attached hydrogens (tertiary/aromatic N) is 1. The van der Waals surface area contributed by atoms with Gasteiger partial charge < -0.3 is 0 Å². The highest BCUT2D eigenvalue weighted by Gasteiger charge is 2.11. The fraction of sp³-hybridized carbons (Fsp3) is 1.00. The Balaban J connectivity index is 3.11. The van der Waals surface area contributed by atoms with Crippen molar-refractivity contribution in [2.24, 2.45) is 0 Å². The Morgan fingerprint density at radius 3 is 1.12 bits per heavy atom. The summed E-state index contributed by atoms with van der Waals surface area (Å²) in [4.78, 5) is 0. The van der Waals surface area contributed by atoms with Gasteiger partial charge in [0, 0.05) is 13.6 Å². The SMILES string of the molecule is CCCCCCCCCCCCCCCCCCCCN(C)S(=O)(=O)O. The van der Waals surface area contributed by atoms with E-state index in [2.05, 4.69) is 6.92 Å². The Morgan fingerprint density at radius 2 is 0.846 bits per heavy atom. The molecule has 158 valence electrons. The molecule has 0 rings (SSSR count). The number of hydrogen-bond donors (Lipinski definition) is 1. The summed E-state index contributed by atoms with van der Waals surface area (Å²) in [7, 11) is -2.57. The van der Waals surface area contributed by atoms with Gasteiger partial charge in [0.2, 0.25) is 0 Å². The van der Waals surface area contributed by atoms with E-state index in [1.807, 2.05) is 0 Å². The van der Waals surface area contributed by atoms with Crippen LogP contribution in [-0.2, 0) is 10.3 Å². The average molecular weight is 392 g/mol. The van der Waals surface area contributed by atoms with Gasteiger partial charge in [0.1, 0.15) is 0 Å². The maximum atomic E-state index is 10.8. The van der Waals surface area contributed by atoms with E-state index in [-0.39, 0.29) is 0 Å². The van der Waals surface area contributed by atoms with Gasteiger partial charge >= 0.3 is 10.3 Å². The van der Waals surface area contributed by atoms with Crippen LogP contribution in [0.25, 0.3) is 0 Å². The summed E-state index contributed by atoms with van der Waals surface area (Å²) in [5, 5.41) is 0. The van der Waals surface area contributed by atoms with Gasteiger partial charge in [-0.2, -0.15) is 12.7 Å². The predicted octanol–water partition coefficient (Wildman–Crippen LogP) is 6.76. The molecule has 1 N–H and O–H groups in total. The Kier molecular flexibility index (Phi) is 18.2. The Bertz CT molecular complexity index is 385. The normalized spacial score (nSPS) is 12.2. The first-order valence-electron chi connectivity index (χ1n) is 11.2. The molecule has 0 saturated carbocycles. The molecule has 0 aliphatic carbocycles. The first-order valence-corrected chi connectivity index (χ1v) is 12.6. The lowest BCUT2D eigenvalue weighted by Crippen LogP contribution is -2.26. The third-order valence-corrected chi connectivity index (χ3v) is 6.19. The van der Waals surface area contributed by atoms with Crippen LogP contribution in [0.2, 0.25) is 0 Å². The van der Waals surface area contributed by atoms with Crippen molar-refractivity contribution in [2.75, 3.05) is 13.6 Å². The molecule has 0 atom stereocenters. The third-order valence-electron chi connectivity index (χ3n) is 5.22. The molecular formula is C21H45NO3S. The van der Waals surface area contributed by atoms with Crippen LogP contribution in [0.3, 0.4) is 0 Å². The van der Waals surface area contributed by atoms with Crippen LogP contribution in [0.15, 0.2) is 0 Å². The second-order valence-electron chi connectivity index (χ2n) is 7.81. The minimum Gasteiger partial charge on any atom is -0.273 e.